The van der Waals surface area contributed by atoms with E-state index in [1.807, 2.05) is 0 Å². The molecule has 1 aromatic rings. The van der Waals surface area contributed by atoms with Gasteiger partial charge in [0, 0.05) is 25.7 Å². The number of nitrogens with zero attached hydrogens (tertiary/aromatic N) is 2. The van der Waals surface area contributed by atoms with Gasteiger partial charge < -0.3 is 10.6 Å². The summed E-state index contributed by atoms with van der Waals surface area (Å²) in [7, 11) is 0. The maximum atomic E-state index is 12.1. The Bertz CT molecular complexity index is 375. The molecule has 17 heavy (non-hydrogen) atoms. The van der Waals surface area contributed by atoms with Gasteiger partial charge in [-0.2, -0.15) is 5.10 Å². The van der Waals surface area contributed by atoms with Gasteiger partial charge in [0.2, 0.25) is 0 Å². The van der Waals surface area contributed by atoms with Crippen molar-refractivity contribution < 1.29 is 4.79 Å². The fraction of sp³-hybridized carbons (Fsp3) is 0.545. The summed E-state index contributed by atoms with van der Waals surface area (Å²) in [5.41, 5.74) is 6.03. The lowest BCUT2D eigenvalue weighted by atomic mass is 10.2. The summed E-state index contributed by atoms with van der Waals surface area (Å²) in [6.45, 7) is 5.37. The van der Waals surface area contributed by atoms with Crippen LogP contribution in [0.5, 0.6) is 0 Å². The first kappa shape index (κ1) is 13.6. The van der Waals surface area contributed by atoms with E-state index in [9.17, 15) is 4.79 Å². The molecule has 0 aliphatic heterocycles. The summed E-state index contributed by atoms with van der Waals surface area (Å²) in [5, 5.41) is 6.41. The van der Waals surface area contributed by atoms with Gasteiger partial charge in [0.05, 0.1) is 16.7 Å². The van der Waals surface area contributed by atoms with Crippen LogP contribution in [0.1, 0.15) is 30.6 Å². The molecule has 0 aliphatic rings. The molecule has 94 valence electrons. The molecule has 0 saturated carbocycles. The molecule has 0 radical (unpaired) electrons. The van der Waals surface area contributed by atoms with E-state index in [-0.39, 0.29) is 5.91 Å². The number of carbonyl (C=O) groups is 1. The molecule has 0 aromatic carbocycles. The average Bonchev–Trinajstić information content (AvgIpc) is 2.75. The summed E-state index contributed by atoms with van der Waals surface area (Å²) in [6, 6.07) is 0. The third-order valence-electron chi connectivity index (χ3n) is 2.25. The van der Waals surface area contributed by atoms with Crippen LogP contribution in [0.25, 0.3) is 0 Å². The first-order valence-electron chi connectivity index (χ1n) is 5.57. The third kappa shape index (κ3) is 4.52. The quantitative estimate of drug-likeness (QED) is 0.748. The molecule has 1 rings (SSSR count). The van der Waals surface area contributed by atoms with Crippen LogP contribution in [0.15, 0.2) is 12.4 Å². The number of aromatic amines is 1. The molecule has 6 heteroatoms. The minimum atomic E-state index is -0.0382. The van der Waals surface area contributed by atoms with Crippen LogP contribution in [0.3, 0.4) is 0 Å². The van der Waals surface area contributed by atoms with Crippen molar-refractivity contribution in [3.63, 3.8) is 0 Å². The first-order chi connectivity index (χ1) is 8.00. The lowest BCUT2D eigenvalue weighted by Crippen LogP contribution is -2.36. The molecule has 0 saturated heterocycles. The summed E-state index contributed by atoms with van der Waals surface area (Å²) >= 11 is 4.84. The average molecular weight is 254 g/mol. The Morgan fingerprint density at radius 3 is 2.82 bits per heavy atom. The highest BCUT2D eigenvalue weighted by molar-refractivity contribution is 7.80. The van der Waals surface area contributed by atoms with Gasteiger partial charge >= 0.3 is 0 Å². The van der Waals surface area contributed by atoms with Gasteiger partial charge in [-0.05, 0) is 5.92 Å². The van der Waals surface area contributed by atoms with E-state index in [1.54, 1.807) is 11.1 Å². The fourth-order valence-corrected chi connectivity index (χ4v) is 1.60. The lowest BCUT2D eigenvalue weighted by Gasteiger charge is -2.23. The largest absolute Gasteiger partial charge is 0.393 e. The zero-order chi connectivity index (χ0) is 12.8. The number of nitrogens with two attached hydrogens (primary N) is 1. The van der Waals surface area contributed by atoms with Crippen LogP contribution in [-0.4, -0.2) is 39.1 Å². The van der Waals surface area contributed by atoms with Crippen molar-refractivity contribution in [1.82, 2.24) is 15.1 Å². The predicted octanol–water partition coefficient (Wildman–Crippen LogP) is 1.18. The first-order valence-corrected chi connectivity index (χ1v) is 5.98. The second-order valence-electron chi connectivity index (χ2n) is 4.35. The zero-order valence-electron chi connectivity index (χ0n) is 10.1. The van der Waals surface area contributed by atoms with Crippen molar-refractivity contribution >= 4 is 23.1 Å². The summed E-state index contributed by atoms with van der Waals surface area (Å²) in [6.07, 6.45) is 3.67. The van der Waals surface area contributed by atoms with Gasteiger partial charge in [-0.1, -0.05) is 26.1 Å². The highest BCUT2D eigenvalue weighted by atomic mass is 32.1. The van der Waals surface area contributed by atoms with Crippen LogP contribution in [0.4, 0.5) is 0 Å². The Kier molecular flexibility index (Phi) is 5.09. The molecule has 0 unspecified atom stereocenters. The topological polar surface area (TPSA) is 75.0 Å². The molecule has 0 aliphatic carbocycles. The molecule has 5 nitrogen and oxygen atoms in total. The standard InChI is InChI=1S/C11H18N4OS/c1-8(2)7-15(4-3-10(12)17)11(16)9-5-13-14-6-9/h5-6,8H,3-4,7H2,1-2H3,(H2,12,17)(H,13,14). The van der Waals surface area contributed by atoms with E-state index in [1.165, 1.54) is 6.20 Å². The Labute approximate surface area is 106 Å². The number of amides is 1. The fourth-order valence-electron chi connectivity index (χ4n) is 1.51. The second kappa shape index (κ2) is 6.34. The predicted molar refractivity (Wildman–Crippen MR) is 70.7 cm³/mol. The van der Waals surface area contributed by atoms with Crippen LogP contribution in [-0.2, 0) is 0 Å². The smallest absolute Gasteiger partial charge is 0.257 e. The van der Waals surface area contributed by atoms with E-state index in [0.717, 1.165) is 0 Å². The molecule has 1 aromatic heterocycles. The van der Waals surface area contributed by atoms with E-state index >= 15 is 0 Å². The number of hydrogen-bond acceptors (Lipinski definition) is 3. The van der Waals surface area contributed by atoms with Crippen molar-refractivity contribution in [2.24, 2.45) is 11.7 Å². The van der Waals surface area contributed by atoms with E-state index in [0.29, 0.717) is 36.0 Å². The lowest BCUT2D eigenvalue weighted by molar-refractivity contribution is 0.0741. The monoisotopic (exact) mass is 254 g/mol. The van der Waals surface area contributed by atoms with E-state index in [2.05, 4.69) is 24.0 Å². The Balaban J connectivity index is 2.68. The SMILES string of the molecule is CC(C)CN(CCC(N)=S)C(=O)c1cn[nH]c1. The molecule has 0 fully saturated rings. The summed E-state index contributed by atoms with van der Waals surface area (Å²) < 4.78 is 0. The number of rotatable bonds is 6. The number of aromatic nitrogens is 2. The minimum Gasteiger partial charge on any atom is -0.393 e. The molecule has 1 heterocycles. The Morgan fingerprint density at radius 2 is 2.35 bits per heavy atom. The van der Waals surface area contributed by atoms with Crippen molar-refractivity contribution in [1.29, 1.82) is 0 Å². The van der Waals surface area contributed by atoms with Gasteiger partial charge in [0.15, 0.2) is 0 Å². The maximum Gasteiger partial charge on any atom is 0.257 e. The third-order valence-corrected chi connectivity index (χ3v) is 2.45. The van der Waals surface area contributed by atoms with E-state index < -0.39 is 0 Å². The van der Waals surface area contributed by atoms with Gasteiger partial charge in [-0.15, -0.1) is 0 Å². The van der Waals surface area contributed by atoms with Crippen LogP contribution < -0.4 is 5.73 Å². The Morgan fingerprint density at radius 1 is 1.65 bits per heavy atom. The zero-order valence-corrected chi connectivity index (χ0v) is 11.0. The molecule has 0 spiro atoms. The summed E-state index contributed by atoms with van der Waals surface area (Å²) in [4.78, 5) is 14.3. The summed E-state index contributed by atoms with van der Waals surface area (Å²) in [5.74, 6) is 0.362. The van der Waals surface area contributed by atoms with Gasteiger partial charge in [-0.25, -0.2) is 0 Å². The maximum absolute atomic E-state index is 12.1. The molecule has 3 N–H and O–H groups in total. The van der Waals surface area contributed by atoms with Crippen molar-refractivity contribution in [2.45, 2.75) is 20.3 Å². The van der Waals surface area contributed by atoms with Crippen LogP contribution in [0.2, 0.25) is 0 Å². The number of nitrogens with one attached hydrogen (secondary N) is 1. The van der Waals surface area contributed by atoms with Crippen LogP contribution >= 0.6 is 12.2 Å². The molecule has 1 amide bonds. The van der Waals surface area contributed by atoms with Gasteiger partial charge in [-0.3, -0.25) is 9.89 Å². The highest BCUT2D eigenvalue weighted by Crippen LogP contribution is 2.07. The van der Waals surface area contributed by atoms with Crippen LogP contribution in [0, 0.1) is 5.92 Å². The second-order valence-corrected chi connectivity index (χ2v) is 4.87. The molecular formula is C11H18N4OS. The van der Waals surface area contributed by atoms with Crippen molar-refractivity contribution in [3.05, 3.63) is 18.0 Å². The Hall–Kier alpha value is -1.43. The number of thiocarbonyl (C=S) groups is 1. The number of hydrogen-bond donors (Lipinski definition) is 2. The molecule has 0 bridgehead atoms. The van der Waals surface area contributed by atoms with Gasteiger partial charge in [0.1, 0.15) is 0 Å². The van der Waals surface area contributed by atoms with E-state index in [4.69, 9.17) is 18.0 Å². The minimum absolute atomic E-state index is 0.0382. The van der Waals surface area contributed by atoms with Gasteiger partial charge in [0.25, 0.3) is 5.91 Å². The highest BCUT2D eigenvalue weighted by Gasteiger charge is 2.17. The molecular weight excluding hydrogens is 236 g/mol. The van der Waals surface area contributed by atoms with Crippen molar-refractivity contribution in [3.8, 4) is 0 Å². The number of H-pyrrole nitrogens is 1. The normalized spacial score (nSPS) is 10.5. The number of carbonyl (C=O) groups excluding carboxylic acids is 1. The van der Waals surface area contributed by atoms with Crippen molar-refractivity contribution in [2.75, 3.05) is 13.1 Å². The molecule has 0 atom stereocenters.